The van der Waals surface area contributed by atoms with Gasteiger partial charge in [-0.15, -0.1) is 0 Å². The SMILES string of the molecule is C=C(NCc1ccc(NCCC)cc1)c1cccc2c1cnn2-c1ccc(F)cc1. The number of hydrogen-bond acceptors (Lipinski definition) is 3. The quantitative estimate of drug-likeness (QED) is 0.396. The van der Waals surface area contributed by atoms with Crippen LogP contribution in [0.5, 0.6) is 0 Å². The van der Waals surface area contributed by atoms with Gasteiger partial charge in [-0.05, 0) is 54.4 Å². The Morgan fingerprint density at radius 3 is 2.53 bits per heavy atom. The molecule has 0 aliphatic carbocycles. The van der Waals surface area contributed by atoms with Crippen LogP contribution in [0.3, 0.4) is 0 Å². The molecule has 0 aliphatic heterocycles. The summed E-state index contributed by atoms with van der Waals surface area (Å²) in [5.41, 5.74) is 5.94. The van der Waals surface area contributed by atoms with Crippen molar-refractivity contribution in [1.82, 2.24) is 15.1 Å². The number of hydrogen-bond donors (Lipinski definition) is 2. The number of nitrogens with zero attached hydrogens (tertiary/aromatic N) is 2. The molecule has 0 atom stereocenters. The molecule has 0 bridgehead atoms. The van der Waals surface area contributed by atoms with Gasteiger partial charge in [0.05, 0.1) is 17.4 Å². The molecule has 0 unspecified atom stereocenters. The first kappa shape index (κ1) is 19.7. The smallest absolute Gasteiger partial charge is 0.123 e. The van der Waals surface area contributed by atoms with Crippen LogP contribution in [-0.4, -0.2) is 16.3 Å². The van der Waals surface area contributed by atoms with Crippen molar-refractivity contribution in [2.45, 2.75) is 19.9 Å². The lowest BCUT2D eigenvalue weighted by atomic mass is 10.1. The zero-order valence-corrected chi connectivity index (χ0v) is 17.0. The van der Waals surface area contributed by atoms with Crippen LogP contribution in [0.2, 0.25) is 0 Å². The van der Waals surface area contributed by atoms with Gasteiger partial charge in [0, 0.05) is 35.4 Å². The summed E-state index contributed by atoms with van der Waals surface area (Å²) in [4.78, 5) is 0. The maximum atomic E-state index is 13.3. The van der Waals surface area contributed by atoms with E-state index in [0.717, 1.165) is 46.5 Å². The summed E-state index contributed by atoms with van der Waals surface area (Å²) in [6.45, 7) is 8.05. The second-order valence-electron chi connectivity index (χ2n) is 7.23. The molecule has 2 N–H and O–H groups in total. The summed E-state index contributed by atoms with van der Waals surface area (Å²) in [5, 5.41) is 12.3. The van der Waals surface area contributed by atoms with E-state index in [0.29, 0.717) is 6.54 Å². The fourth-order valence-electron chi connectivity index (χ4n) is 3.42. The highest BCUT2D eigenvalue weighted by molar-refractivity contribution is 5.91. The first-order valence-electron chi connectivity index (χ1n) is 10.1. The van der Waals surface area contributed by atoms with E-state index in [9.17, 15) is 4.39 Å². The lowest BCUT2D eigenvalue weighted by Crippen LogP contribution is -2.11. The first-order valence-corrected chi connectivity index (χ1v) is 10.1. The summed E-state index contributed by atoms with van der Waals surface area (Å²) >= 11 is 0. The van der Waals surface area contributed by atoms with Gasteiger partial charge < -0.3 is 10.6 Å². The fourth-order valence-corrected chi connectivity index (χ4v) is 3.42. The fraction of sp³-hybridized carbons (Fsp3) is 0.160. The van der Waals surface area contributed by atoms with Gasteiger partial charge >= 0.3 is 0 Å². The van der Waals surface area contributed by atoms with Crippen LogP contribution in [0.25, 0.3) is 22.3 Å². The second kappa shape index (κ2) is 8.82. The summed E-state index contributed by atoms with van der Waals surface area (Å²) in [6.07, 6.45) is 2.93. The van der Waals surface area contributed by atoms with E-state index >= 15 is 0 Å². The van der Waals surface area contributed by atoms with Crippen LogP contribution in [-0.2, 0) is 6.54 Å². The maximum absolute atomic E-state index is 13.3. The molecule has 4 aromatic rings. The van der Waals surface area contributed by atoms with Gasteiger partial charge in [0.25, 0.3) is 0 Å². The minimum Gasteiger partial charge on any atom is -0.385 e. The summed E-state index contributed by atoms with van der Waals surface area (Å²) in [6, 6.07) is 20.8. The van der Waals surface area contributed by atoms with E-state index < -0.39 is 0 Å². The molecule has 0 fully saturated rings. The van der Waals surface area contributed by atoms with Crippen molar-refractivity contribution in [3.63, 3.8) is 0 Å². The second-order valence-corrected chi connectivity index (χ2v) is 7.23. The molecule has 4 nitrogen and oxygen atoms in total. The molecule has 1 heterocycles. The largest absolute Gasteiger partial charge is 0.385 e. The number of rotatable bonds is 8. The zero-order valence-electron chi connectivity index (χ0n) is 17.0. The van der Waals surface area contributed by atoms with Gasteiger partial charge in [0.15, 0.2) is 0 Å². The van der Waals surface area contributed by atoms with E-state index in [1.54, 1.807) is 12.1 Å². The standard InChI is InChI=1S/C25H25FN4/c1-3-15-27-21-11-7-19(8-12-21)16-28-18(2)23-5-4-6-25-24(23)17-29-30(25)22-13-9-20(26)10-14-22/h4-14,17,27-28H,2-3,15-16H2,1H3. The van der Waals surface area contributed by atoms with Crippen molar-refractivity contribution < 1.29 is 4.39 Å². The summed E-state index contributed by atoms with van der Waals surface area (Å²) in [5.74, 6) is -0.261. The van der Waals surface area contributed by atoms with E-state index in [1.165, 1.54) is 17.7 Å². The lowest BCUT2D eigenvalue weighted by Gasteiger charge is -2.12. The van der Waals surface area contributed by atoms with E-state index in [1.807, 2.05) is 29.1 Å². The van der Waals surface area contributed by atoms with Crippen molar-refractivity contribution in [1.29, 1.82) is 0 Å². The Morgan fingerprint density at radius 1 is 1.03 bits per heavy atom. The average molecular weight is 401 g/mol. The number of fused-ring (bicyclic) bond motifs is 1. The molecule has 1 aromatic heterocycles. The number of nitrogens with one attached hydrogen (secondary N) is 2. The summed E-state index contributed by atoms with van der Waals surface area (Å²) in [7, 11) is 0. The molecule has 0 aliphatic rings. The molecule has 5 heteroatoms. The highest BCUT2D eigenvalue weighted by Gasteiger charge is 2.11. The Balaban J connectivity index is 1.50. The van der Waals surface area contributed by atoms with Crippen LogP contribution >= 0.6 is 0 Å². The minimum atomic E-state index is -0.261. The molecule has 0 amide bonds. The van der Waals surface area contributed by atoms with Crippen molar-refractivity contribution in [2.24, 2.45) is 0 Å². The van der Waals surface area contributed by atoms with Crippen molar-refractivity contribution in [2.75, 3.05) is 11.9 Å². The topological polar surface area (TPSA) is 41.9 Å². The third-order valence-corrected chi connectivity index (χ3v) is 5.05. The Bertz CT molecular complexity index is 1140. The van der Waals surface area contributed by atoms with Crippen molar-refractivity contribution >= 4 is 22.3 Å². The minimum absolute atomic E-state index is 0.261. The zero-order chi connectivity index (χ0) is 20.9. The Hall–Kier alpha value is -3.60. The van der Waals surface area contributed by atoms with Crippen molar-refractivity contribution in [3.05, 3.63) is 96.4 Å². The molecular weight excluding hydrogens is 375 g/mol. The van der Waals surface area contributed by atoms with Crippen LogP contribution in [0.1, 0.15) is 24.5 Å². The maximum Gasteiger partial charge on any atom is 0.123 e. The molecule has 0 saturated heterocycles. The normalized spacial score (nSPS) is 10.9. The lowest BCUT2D eigenvalue weighted by molar-refractivity contribution is 0.627. The Morgan fingerprint density at radius 2 is 1.80 bits per heavy atom. The monoisotopic (exact) mass is 400 g/mol. The molecule has 0 spiro atoms. The van der Waals surface area contributed by atoms with Gasteiger partial charge in [-0.1, -0.05) is 37.8 Å². The molecule has 30 heavy (non-hydrogen) atoms. The molecule has 4 rings (SSSR count). The number of anilines is 1. The molecule has 152 valence electrons. The molecular formula is C25H25FN4. The molecule has 3 aromatic carbocycles. The van der Waals surface area contributed by atoms with Crippen LogP contribution in [0, 0.1) is 5.82 Å². The van der Waals surface area contributed by atoms with Crippen molar-refractivity contribution in [3.8, 4) is 5.69 Å². The Labute approximate surface area is 176 Å². The first-order chi connectivity index (χ1) is 14.7. The van der Waals surface area contributed by atoms with E-state index in [2.05, 4.69) is 53.5 Å². The van der Waals surface area contributed by atoms with Gasteiger partial charge in [-0.3, -0.25) is 0 Å². The average Bonchev–Trinajstić information content (AvgIpc) is 3.21. The summed E-state index contributed by atoms with van der Waals surface area (Å²) < 4.78 is 15.1. The number of halogens is 1. The predicted molar refractivity (Wildman–Crippen MR) is 122 cm³/mol. The van der Waals surface area contributed by atoms with Gasteiger partial charge in [0.2, 0.25) is 0 Å². The number of aromatic nitrogens is 2. The van der Waals surface area contributed by atoms with Gasteiger partial charge in [-0.2, -0.15) is 5.10 Å². The van der Waals surface area contributed by atoms with Gasteiger partial charge in [0.1, 0.15) is 5.82 Å². The van der Waals surface area contributed by atoms with E-state index in [-0.39, 0.29) is 5.82 Å². The molecule has 0 saturated carbocycles. The van der Waals surface area contributed by atoms with Crippen LogP contribution < -0.4 is 10.6 Å². The Kier molecular flexibility index (Phi) is 5.80. The highest BCUT2D eigenvalue weighted by Crippen LogP contribution is 2.25. The third kappa shape index (κ3) is 4.20. The highest BCUT2D eigenvalue weighted by atomic mass is 19.1. The molecule has 0 radical (unpaired) electrons. The van der Waals surface area contributed by atoms with E-state index in [4.69, 9.17) is 0 Å². The third-order valence-electron chi connectivity index (χ3n) is 5.05. The van der Waals surface area contributed by atoms with Crippen LogP contribution in [0.15, 0.2) is 79.5 Å². The van der Waals surface area contributed by atoms with Gasteiger partial charge in [-0.25, -0.2) is 9.07 Å². The number of benzene rings is 3. The predicted octanol–water partition coefficient (Wildman–Crippen LogP) is 5.75. The van der Waals surface area contributed by atoms with Crippen LogP contribution in [0.4, 0.5) is 10.1 Å².